The van der Waals surface area contributed by atoms with E-state index in [9.17, 15) is 14.2 Å². The lowest BCUT2D eigenvalue weighted by atomic mass is 9.91. The largest absolute Gasteiger partial charge is 0.459 e. The molecular weight excluding hydrogens is 391 g/mol. The summed E-state index contributed by atoms with van der Waals surface area (Å²) in [6.45, 7) is 7.71. The van der Waals surface area contributed by atoms with Crippen LogP contribution in [0.2, 0.25) is 0 Å². The lowest BCUT2D eigenvalue weighted by Crippen LogP contribution is -2.18. The molecule has 30 heavy (non-hydrogen) atoms. The van der Waals surface area contributed by atoms with E-state index in [-0.39, 0.29) is 5.78 Å². The molecule has 3 aromatic carbocycles. The average molecular weight is 417 g/mol. The Morgan fingerprint density at radius 2 is 1.27 bits per heavy atom. The summed E-state index contributed by atoms with van der Waals surface area (Å²) in [6.07, 6.45) is 1.45. The van der Waals surface area contributed by atoms with Crippen molar-refractivity contribution in [1.29, 1.82) is 0 Å². The van der Waals surface area contributed by atoms with Crippen LogP contribution in [0.25, 0.3) is 0 Å². The maximum Gasteiger partial charge on any atom is 0.459 e. The predicted octanol–water partition coefficient (Wildman–Crippen LogP) is 5.95. The van der Waals surface area contributed by atoms with E-state index in [1.807, 2.05) is 64.1 Å². The number of carbonyl (C=O) groups excluding carboxylic acids is 2. The van der Waals surface area contributed by atoms with Gasteiger partial charge in [-0.2, -0.15) is 0 Å². The van der Waals surface area contributed by atoms with Crippen molar-refractivity contribution >= 4 is 24.4 Å². The number of ketones is 1. The number of hydrogen-bond donors (Lipinski definition) is 0. The number of hydrogen-bond acceptors (Lipinski definition) is 3. The van der Waals surface area contributed by atoms with E-state index in [1.165, 1.54) is 0 Å². The standard InChI is InChI=1S/C26H26O3P/c1-5-19-13-10-14-20(6-2)24(19)25(27)21-15-7-8-16-22(21)30(29)26(28)23-17(3)11-9-12-18(23)4/h7-16H,5-6H2,1-4H3/q+1. The fraction of sp³-hybridized carbons (Fsp3) is 0.231. The summed E-state index contributed by atoms with van der Waals surface area (Å²) in [4.78, 5) is 26.7. The molecule has 1 atom stereocenters. The minimum Gasteiger partial charge on any atom is -0.288 e. The molecule has 0 aliphatic rings. The van der Waals surface area contributed by atoms with Crippen molar-refractivity contribution in [2.75, 3.05) is 0 Å². The van der Waals surface area contributed by atoms with Crippen molar-refractivity contribution in [2.24, 2.45) is 0 Å². The maximum atomic E-state index is 13.6. The van der Waals surface area contributed by atoms with Crippen LogP contribution in [0.1, 0.15) is 62.4 Å². The first-order valence-corrected chi connectivity index (χ1v) is 11.5. The summed E-state index contributed by atoms with van der Waals surface area (Å²) in [5, 5.41) is 0.304. The SMILES string of the molecule is CCc1cccc(CC)c1C(=O)c1ccccc1[P+](=O)C(=O)c1c(C)cccc1C. The minimum atomic E-state index is -2.43. The highest BCUT2D eigenvalue weighted by atomic mass is 31.1. The van der Waals surface area contributed by atoms with E-state index in [1.54, 1.807) is 24.3 Å². The highest BCUT2D eigenvalue weighted by molar-refractivity contribution is 7.71. The first-order chi connectivity index (χ1) is 14.4. The monoisotopic (exact) mass is 417 g/mol. The van der Waals surface area contributed by atoms with E-state index in [2.05, 4.69) is 0 Å². The Balaban J connectivity index is 2.11. The normalized spacial score (nSPS) is 11.3. The number of benzene rings is 3. The van der Waals surface area contributed by atoms with Gasteiger partial charge in [-0.05, 0) is 61.1 Å². The summed E-state index contributed by atoms with van der Waals surface area (Å²) >= 11 is 0. The fourth-order valence-corrected chi connectivity index (χ4v) is 5.27. The molecule has 4 heteroatoms. The van der Waals surface area contributed by atoms with Crippen LogP contribution < -0.4 is 5.30 Å². The Morgan fingerprint density at radius 3 is 1.83 bits per heavy atom. The van der Waals surface area contributed by atoms with Crippen LogP contribution >= 0.6 is 7.80 Å². The van der Waals surface area contributed by atoms with Crippen LogP contribution in [0.5, 0.6) is 0 Å². The van der Waals surface area contributed by atoms with Crippen molar-refractivity contribution in [1.82, 2.24) is 0 Å². The van der Waals surface area contributed by atoms with E-state index in [4.69, 9.17) is 0 Å². The van der Waals surface area contributed by atoms with E-state index in [0.717, 1.165) is 35.1 Å². The highest BCUT2D eigenvalue weighted by Crippen LogP contribution is 2.32. The second-order valence-corrected chi connectivity index (χ2v) is 8.85. The van der Waals surface area contributed by atoms with Gasteiger partial charge >= 0.3 is 13.3 Å². The van der Waals surface area contributed by atoms with Crippen LogP contribution in [0.3, 0.4) is 0 Å². The van der Waals surface area contributed by atoms with E-state index < -0.39 is 13.3 Å². The highest BCUT2D eigenvalue weighted by Gasteiger charge is 2.38. The minimum absolute atomic E-state index is 0.169. The second kappa shape index (κ2) is 9.28. The zero-order chi connectivity index (χ0) is 21.8. The van der Waals surface area contributed by atoms with Gasteiger partial charge in [0, 0.05) is 5.56 Å². The summed E-state index contributed by atoms with van der Waals surface area (Å²) in [6, 6.07) is 18.2. The van der Waals surface area contributed by atoms with Gasteiger partial charge in [0.2, 0.25) is 5.30 Å². The van der Waals surface area contributed by atoms with Gasteiger partial charge in [-0.25, -0.2) is 4.79 Å². The molecule has 152 valence electrons. The second-order valence-electron chi connectivity index (χ2n) is 7.37. The topological polar surface area (TPSA) is 51.2 Å². The molecular formula is C26H26O3P+. The zero-order valence-corrected chi connectivity index (χ0v) is 18.8. The molecule has 0 amide bonds. The summed E-state index contributed by atoms with van der Waals surface area (Å²) in [5.41, 5.74) is 4.56. The van der Waals surface area contributed by atoms with Crippen LogP contribution in [-0.2, 0) is 17.4 Å². The van der Waals surface area contributed by atoms with Crippen molar-refractivity contribution in [3.8, 4) is 0 Å². The molecule has 0 radical (unpaired) electrons. The lowest BCUT2D eigenvalue weighted by molar-refractivity contribution is 0.103. The predicted molar refractivity (Wildman–Crippen MR) is 123 cm³/mol. The van der Waals surface area contributed by atoms with Gasteiger partial charge < -0.3 is 0 Å². The molecule has 0 aliphatic heterocycles. The number of rotatable bonds is 7. The van der Waals surface area contributed by atoms with Crippen LogP contribution in [-0.4, -0.2) is 11.3 Å². The molecule has 0 saturated heterocycles. The first-order valence-electron chi connectivity index (χ1n) is 10.2. The maximum absolute atomic E-state index is 13.6. The molecule has 3 rings (SSSR count). The third kappa shape index (κ3) is 4.04. The summed E-state index contributed by atoms with van der Waals surface area (Å²) in [7, 11) is -2.43. The molecule has 0 aromatic heterocycles. The number of aryl methyl sites for hydroxylation is 4. The molecule has 0 bridgehead atoms. The van der Waals surface area contributed by atoms with Gasteiger partial charge in [0.05, 0.1) is 11.1 Å². The molecule has 0 N–H and O–H groups in total. The Bertz CT molecular complexity index is 1100. The fourth-order valence-electron chi connectivity index (χ4n) is 3.87. The van der Waals surface area contributed by atoms with Crippen LogP contribution in [0.4, 0.5) is 0 Å². The molecule has 3 aromatic rings. The molecule has 0 spiro atoms. The Labute approximate surface area is 178 Å². The smallest absolute Gasteiger partial charge is 0.288 e. The van der Waals surface area contributed by atoms with Gasteiger partial charge in [-0.15, -0.1) is 0 Å². The van der Waals surface area contributed by atoms with E-state index in [0.29, 0.717) is 22.0 Å². The number of carbonyl (C=O) groups is 2. The quantitative estimate of drug-likeness (QED) is 0.352. The average Bonchev–Trinajstić information content (AvgIpc) is 2.77. The van der Waals surface area contributed by atoms with Crippen molar-refractivity contribution in [3.63, 3.8) is 0 Å². The molecule has 0 fully saturated rings. The Kier molecular flexibility index (Phi) is 6.74. The van der Waals surface area contributed by atoms with Crippen LogP contribution in [0, 0.1) is 13.8 Å². The molecule has 3 nitrogen and oxygen atoms in total. The van der Waals surface area contributed by atoms with Crippen LogP contribution in [0.15, 0.2) is 60.7 Å². The van der Waals surface area contributed by atoms with Gasteiger partial charge in [0.1, 0.15) is 0 Å². The van der Waals surface area contributed by atoms with Gasteiger partial charge in [0.15, 0.2) is 5.78 Å². The zero-order valence-electron chi connectivity index (χ0n) is 17.9. The Hall–Kier alpha value is -2.90. The lowest BCUT2D eigenvalue weighted by Gasteiger charge is -2.12. The molecule has 0 aliphatic carbocycles. The molecule has 0 saturated carbocycles. The van der Waals surface area contributed by atoms with Gasteiger partial charge in [-0.3, -0.25) is 4.79 Å². The summed E-state index contributed by atoms with van der Waals surface area (Å²) in [5.74, 6) is -0.169. The molecule has 0 heterocycles. The van der Waals surface area contributed by atoms with Crippen molar-refractivity contribution in [3.05, 3.63) is 99.6 Å². The van der Waals surface area contributed by atoms with Gasteiger partial charge in [0.25, 0.3) is 0 Å². The molecule has 1 unspecified atom stereocenters. The summed E-state index contributed by atoms with van der Waals surface area (Å²) < 4.78 is 13.4. The van der Waals surface area contributed by atoms with Crippen molar-refractivity contribution in [2.45, 2.75) is 40.5 Å². The van der Waals surface area contributed by atoms with E-state index >= 15 is 0 Å². The third-order valence-corrected chi connectivity index (χ3v) is 6.89. The Morgan fingerprint density at radius 1 is 0.733 bits per heavy atom. The first kappa shape index (κ1) is 21.8. The van der Waals surface area contributed by atoms with Crippen molar-refractivity contribution < 1.29 is 14.2 Å². The van der Waals surface area contributed by atoms with Gasteiger partial charge in [-0.1, -0.05) is 66.9 Å². The third-order valence-electron chi connectivity index (χ3n) is 5.47.